The van der Waals surface area contributed by atoms with Crippen molar-refractivity contribution in [3.8, 4) is 17.1 Å². The number of carbonyl (C=O) groups excluding carboxylic acids is 1. The highest BCUT2D eigenvalue weighted by Gasteiger charge is 2.26. The van der Waals surface area contributed by atoms with Crippen molar-refractivity contribution < 1.29 is 19.2 Å². The van der Waals surface area contributed by atoms with E-state index in [9.17, 15) is 20.0 Å². The number of furan rings is 1. The highest BCUT2D eigenvalue weighted by Crippen LogP contribution is 2.40. The Morgan fingerprint density at radius 3 is 2.24 bits per heavy atom. The zero-order chi connectivity index (χ0) is 27.5. The lowest BCUT2D eigenvalue weighted by Gasteiger charge is -2.28. The van der Waals surface area contributed by atoms with Gasteiger partial charge < -0.3 is 9.52 Å². The van der Waals surface area contributed by atoms with Gasteiger partial charge in [-0.25, -0.2) is 5.43 Å². The predicted molar refractivity (Wildman–Crippen MR) is 148 cm³/mol. The van der Waals surface area contributed by atoms with E-state index in [1.54, 1.807) is 18.2 Å². The van der Waals surface area contributed by atoms with Crippen molar-refractivity contribution in [2.45, 2.75) is 65.2 Å². The number of nitrogens with zero attached hydrogens (tertiary/aromatic N) is 2. The molecule has 0 aliphatic rings. The quantitative estimate of drug-likeness (QED) is 0.180. The van der Waals surface area contributed by atoms with E-state index in [2.05, 4.69) is 68.0 Å². The maximum atomic E-state index is 12.4. The summed E-state index contributed by atoms with van der Waals surface area (Å²) in [6.07, 6.45) is 2.14. The lowest BCUT2D eigenvalue weighted by atomic mass is 9.78. The summed E-state index contributed by atoms with van der Waals surface area (Å²) >= 11 is 3.33. The number of aromatic hydroxyl groups is 1. The second-order valence-corrected chi connectivity index (χ2v) is 11.8. The molecule has 1 aromatic heterocycles. The lowest BCUT2D eigenvalue weighted by molar-refractivity contribution is -0.384. The van der Waals surface area contributed by atoms with Gasteiger partial charge in [0.1, 0.15) is 17.3 Å². The molecule has 2 aromatic carbocycles. The number of hydrazone groups is 1. The molecule has 0 spiro atoms. The predicted octanol–water partition coefficient (Wildman–Crippen LogP) is 7.00. The van der Waals surface area contributed by atoms with Gasteiger partial charge in [-0.3, -0.25) is 14.9 Å². The fourth-order valence-electron chi connectivity index (χ4n) is 3.85. The summed E-state index contributed by atoms with van der Waals surface area (Å²) in [4.78, 5) is 22.9. The molecule has 9 heteroatoms. The minimum absolute atomic E-state index is 0.0248. The van der Waals surface area contributed by atoms with Gasteiger partial charge in [0.05, 0.1) is 11.1 Å². The zero-order valence-corrected chi connectivity index (χ0v) is 23.5. The van der Waals surface area contributed by atoms with Crippen molar-refractivity contribution in [2.24, 2.45) is 5.10 Å². The SMILES string of the molecule is CC(C)(C)c1cc(CCC(=O)NN=Cc2ccc(-c3ccc([N+](=O)[O-])cc3Br)o2)cc(C(C)(C)C)c1O. The maximum Gasteiger partial charge on any atom is 0.270 e. The monoisotopic (exact) mass is 569 g/mol. The molecule has 0 bridgehead atoms. The van der Waals surface area contributed by atoms with Crippen molar-refractivity contribution >= 4 is 33.7 Å². The normalized spacial score (nSPS) is 12.2. The van der Waals surface area contributed by atoms with E-state index in [4.69, 9.17) is 4.42 Å². The van der Waals surface area contributed by atoms with Gasteiger partial charge in [-0.1, -0.05) is 53.7 Å². The number of halogens is 1. The molecule has 8 nitrogen and oxygen atoms in total. The van der Waals surface area contributed by atoms with E-state index in [0.717, 1.165) is 16.7 Å². The standard InChI is InChI=1S/C28H32BrN3O5/c1-27(2,3)21-13-17(14-22(26(21)34)28(4,5)6)7-12-25(33)31-30-16-19-9-11-24(37-19)20-10-8-18(32(35)36)15-23(20)29/h8-11,13-16,34H,7,12H2,1-6H3,(H,31,33). The van der Waals surface area contributed by atoms with Gasteiger partial charge in [0, 0.05) is 28.6 Å². The fourth-order valence-corrected chi connectivity index (χ4v) is 4.41. The second kappa shape index (κ2) is 10.9. The summed E-state index contributed by atoms with van der Waals surface area (Å²) in [5.41, 5.74) is 5.39. The molecule has 2 N–H and O–H groups in total. The molecular formula is C28H32BrN3O5. The molecule has 0 fully saturated rings. The number of amides is 1. The first-order valence-corrected chi connectivity index (χ1v) is 12.7. The summed E-state index contributed by atoms with van der Waals surface area (Å²) in [7, 11) is 0. The van der Waals surface area contributed by atoms with Crippen LogP contribution in [0.1, 0.15) is 70.4 Å². The lowest BCUT2D eigenvalue weighted by Crippen LogP contribution is -2.20. The molecule has 0 atom stereocenters. The van der Waals surface area contributed by atoms with Crippen LogP contribution in [-0.2, 0) is 22.0 Å². The van der Waals surface area contributed by atoms with Crippen LogP contribution in [0.4, 0.5) is 5.69 Å². The van der Waals surface area contributed by atoms with Crippen molar-refractivity contribution in [1.29, 1.82) is 0 Å². The fraction of sp³-hybridized carbons (Fsp3) is 0.357. The first-order valence-electron chi connectivity index (χ1n) is 11.9. The number of phenols is 1. The van der Waals surface area contributed by atoms with Crippen LogP contribution in [0.3, 0.4) is 0 Å². The summed E-state index contributed by atoms with van der Waals surface area (Å²) in [6.45, 7) is 12.3. The first kappa shape index (κ1) is 28.1. The molecule has 1 heterocycles. The van der Waals surface area contributed by atoms with Crippen molar-refractivity contribution in [2.75, 3.05) is 0 Å². The molecule has 0 aliphatic carbocycles. The van der Waals surface area contributed by atoms with E-state index >= 15 is 0 Å². The average Bonchev–Trinajstić information content (AvgIpc) is 3.25. The molecule has 3 rings (SSSR count). The topological polar surface area (TPSA) is 118 Å². The van der Waals surface area contributed by atoms with Gasteiger partial charge >= 0.3 is 0 Å². The minimum atomic E-state index is -0.466. The van der Waals surface area contributed by atoms with Gasteiger partial charge in [0.15, 0.2) is 0 Å². The number of nitro groups is 1. The number of phenolic OH excluding ortho intramolecular Hbond substituents is 1. The smallest absolute Gasteiger partial charge is 0.270 e. The minimum Gasteiger partial charge on any atom is -0.507 e. The number of benzene rings is 2. The Morgan fingerprint density at radius 1 is 1.08 bits per heavy atom. The third-order valence-electron chi connectivity index (χ3n) is 5.86. The number of rotatable bonds is 7. The Bertz CT molecular complexity index is 1310. The molecule has 0 unspecified atom stereocenters. The van der Waals surface area contributed by atoms with E-state index in [1.165, 1.54) is 18.3 Å². The van der Waals surface area contributed by atoms with Crippen LogP contribution in [0.2, 0.25) is 0 Å². The number of hydrogen-bond donors (Lipinski definition) is 2. The van der Waals surface area contributed by atoms with Crippen LogP contribution >= 0.6 is 15.9 Å². The van der Waals surface area contributed by atoms with Gasteiger partial charge in [0.2, 0.25) is 5.91 Å². The third kappa shape index (κ3) is 7.07. The Labute approximate surface area is 225 Å². The molecule has 0 radical (unpaired) electrons. The first-order chi connectivity index (χ1) is 17.2. The number of nitro benzene ring substituents is 1. The van der Waals surface area contributed by atoms with Crippen LogP contribution in [0.5, 0.6) is 5.75 Å². The molecule has 0 saturated heterocycles. The van der Waals surface area contributed by atoms with Gasteiger partial charge in [-0.05, 0) is 68.1 Å². The summed E-state index contributed by atoms with van der Waals surface area (Å²) in [5.74, 6) is 0.995. The molecule has 196 valence electrons. The highest BCUT2D eigenvalue weighted by atomic mass is 79.9. The number of aryl methyl sites for hydroxylation is 1. The van der Waals surface area contributed by atoms with E-state index in [1.807, 2.05) is 12.1 Å². The summed E-state index contributed by atoms with van der Waals surface area (Å²) < 4.78 is 6.27. The Hall–Kier alpha value is -3.46. The molecule has 1 amide bonds. The summed E-state index contributed by atoms with van der Waals surface area (Å²) in [6, 6.07) is 11.8. The van der Waals surface area contributed by atoms with Gasteiger partial charge in [-0.15, -0.1) is 0 Å². The molecule has 3 aromatic rings. The largest absolute Gasteiger partial charge is 0.507 e. The molecule has 37 heavy (non-hydrogen) atoms. The van der Waals surface area contributed by atoms with Crippen molar-refractivity contribution in [3.63, 3.8) is 0 Å². The van der Waals surface area contributed by atoms with Gasteiger partial charge in [-0.2, -0.15) is 5.10 Å². The maximum absolute atomic E-state index is 12.4. The van der Waals surface area contributed by atoms with Crippen molar-refractivity contribution in [1.82, 2.24) is 5.43 Å². The van der Waals surface area contributed by atoms with Crippen LogP contribution in [0, 0.1) is 10.1 Å². The zero-order valence-electron chi connectivity index (χ0n) is 21.9. The number of nitrogens with one attached hydrogen (secondary N) is 1. The summed E-state index contributed by atoms with van der Waals surface area (Å²) in [5, 5.41) is 25.8. The van der Waals surface area contributed by atoms with E-state index in [-0.39, 0.29) is 28.8 Å². The van der Waals surface area contributed by atoms with Crippen LogP contribution in [-0.4, -0.2) is 22.2 Å². The number of carbonyl (C=O) groups is 1. The van der Waals surface area contributed by atoms with E-state index in [0.29, 0.717) is 33.7 Å². The van der Waals surface area contributed by atoms with Gasteiger partial charge in [0.25, 0.3) is 5.69 Å². The Balaban J connectivity index is 1.65. The number of non-ortho nitro benzene ring substituents is 1. The molecule has 0 aliphatic heterocycles. The molecule has 0 saturated carbocycles. The molecular weight excluding hydrogens is 538 g/mol. The third-order valence-corrected chi connectivity index (χ3v) is 6.52. The van der Waals surface area contributed by atoms with Crippen molar-refractivity contribution in [3.05, 3.63) is 79.5 Å². The second-order valence-electron chi connectivity index (χ2n) is 11.0. The number of hydrogen-bond acceptors (Lipinski definition) is 6. The van der Waals surface area contributed by atoms with Crippen LogP contribution < -0.4 is 5.43 Å². The Morgan fingerprint density at radius 2 is 1.70 bits per heavy atom. The highest BCUT2D eigenvalue weighted by molar-refractivity contribution is 9.10. The van der Waals surface area contributed by atoms with Crippen LogP contribution in [0.15, 0.2) is 56.5 Å². The average molecular weight is 570 g/mol. The van der Waals surface area contributed by atoms with Crippen LogP contribution in [0.25, 0.3) is 11.3 Å². The Kier molecular flexibility index (Phi) is 8.27. The van der Waals surface area contributed by atoms with E-state index < -0.39 is 4.92 Å².